The van der Waals surface area contributed by atoms with Gasteiger partial charge in [-0.15, -0.1) is 25.6 Å². The first-order chi connectivity index (χ1) is 9.48. The Morgan fingerprint density at radius 2 is 1.86 bits per heavy atom. The van der Waals surface area contributed by atoms with Crippen LogP contribution in [0.2, 0.25) is 0 Å². The number of rotatable bonds is 1. The van der Waals surface area contributed by atoms with Crippen molar-refractivity contribution in [1.82, 2.24) is 5.32 Å². The molecule has 1 N–H and O–H groups in total. The monoisotopic (exact) mass is 323 g/mol. The second-order valence-corrected chi connectivity index (χ2v) is 5.32. The van der Waals surface area contributed by atoms with E-state index in [1.807, 2.05) is 0 Å². The molecule has 1 saturated heterocycles. The second kappa shape index (κ2) is 5.93. The number of alkyl halides is 3. The van der Waals surface area contributed by atoms with Crippen molar-refractivity contribution in [1.29, 1.82) is 0 Å². The van der Waals surface area contributed by atoms with E-state index in [0.29, 0.717) is 17.7 Å². The molecule has 0 aromatic heterocycles. The van der Waals surface area contributed by atoms with E-state index in [9.17, 15) is 13.2 Å². The fourth-order valence-electron chi connectivity index (χ4n) is 2.98. The van der Waals surface area contributed by atoms with Crippen LogP contribution in [0.3, 0.4) is 0 Å². The molecule has 0 saturated carbocycles. The van der Waals surface area contributed by atoms with E-state index in [0.717, 1.165) is 32.4 Å². The minimum absolute atomic E-state index is 0. The molecule has 118 valence electrons. The summed E-state index contributed by atoms with van der Waals surface area (Å²) in [4.78, 5) is 0. The molecule has 1 aromatic carbocycles. The first kappa shape index (κ1) is 16.2. The fourth-order valence-corrected chi connectivity index (χ4v) is 2.98. The molecule has 0 amide bonds. The molecule has 0 bridgehead atoms. The normalized spacial score (nSPS) is 20.1. The minimum Gasteiger partial charge on any atom is -0.487 e. The van der Waals surface area contributed by atoms with Crippen LogP contribution in [0.4, 0.5) is 13.2 Å². The quantitative estimate of drug-likeness (QED) is 0.858. The van der Waals surface area contributed by atoms with Gasteiger partial charge in [0.25, 0.3) is 0 Å². The van der Waals surface area contributed by atoms with Crippen molar-refractivity contribution in [2.75, 3.05) is 13.1 Å². The van der Waals surface area contributed by atoms with Gasteiger partial charge in [0.15, 0.2) is 0 Å². The molecule has 21 heavy (non-hydrogen) atoms. The van der Waals surface area contributed by atoms with Crippen LogP contribution in [-0.4, -0.2) is 25.1 Å². The van der Waals surface area contributed by atoms with Crippen LogP contribution in [0.25, 0.3) is 0 Å². The molecule has 2 aliphatic heterocycles. The predicted molar refractivity (Wildman–Crippen MR) is 74.2 cm³/mol. The van der Waals surface area contributed by atoms with Crippen LogP contribution in [0, 0.1) is 0 Å². The van der Waals surface area contributed by atoms with Gasteiger partial charge in [-0.2, -0.15) is 0 Å². The van der Waals surface area contributed by atoms with E-state index >= 15 is 0 Å². The highest BCUT2D eigenvalue weighted by Gasteiger charge is 2.39. The van der Waals surface area contributed by atoms with Crippen LogP contribution in [0.5, 0.6) is 11.5 Å². The Bertz CT molecular complexity index is 501. The fraction of sp³-hybridized carbons (Fsp3) is 0.571. The van der Waals surface area contributed by atoms with Crippen LogP contribution in [0.1, 0.15) is 24.8 Å². The maximum atomic E-state index is 12.4. The van der Waals surface area contributed by atoms with Crippen LogP contribution >= 0.6 is 12.4 Å². The van der Waals surface area contributed by atoms with E-state index in [-0.39, 0.29) is 23.8 Å². The number of piperidine rings is 1. The number of ether oxygens (including phenoxy) is 2. The Labute approximate surface area is 127 Å². The summed E-state index contributed by atoms with van der Waals surface area (Å²) in [7, 11) is 0. The zero-order valence-electron chi connectivity index (χ0n) is 11.3. The minimum atomic E-state index is -4.67. The van der Waals surface area contributed by atoms with E-state index < -0.39 is 6.36 Å². The molecule has 7 heteroatoms. The Morgan fingerprint density at radius 3 is 2.52 bits per heavy atom. The number of nitrogens with one attached hydrogen (secondary N) is 1. The lowest BCUT2D eigenvalue weighted by Gasteiger charge is -2.42. The van der Waals surface area contributed by atoms with Crippen LogP contribution in [0.15, 0.2) is 18.2 Å². The topological polar surface area (TPSA) is 30.5 Å². The largest absolute Gasteiger partial charge is 0.573 e. The van der Waals surface area contributed by atoms with Gasteiger partial charge in [-0.25, -0.2) is 0 Å². The lowest BCUT2D eigenvalue weighted by atomic mass is 9.83. The van der Waals surface area contributed by atoms with Gasteiger partial charge in [0.1, 0.15) is 17.1 Å². The van der Waals surface area contributed by atoms with E-state index in [2.05, 4.69) is 10.1 Å². The van der Waals surface area contributed by atoms with Gasteiger partial charge in [0.2, 0.25) is 0 Å². The summed E-state index contributed by atoms with van der Waals surface area (Å²) >= 11 is 0. The summed E-state index contributed by atoms with van der Waals surface area (Å²) in [6.45, 7) is 1.77. The van der Waals surface area contributed by atoms with Crippen LogP contribution < -0.4 is 14.8 Å². The van der Waals surface area contributed by atoms with E-state index in [1.54, 1.807) is 12.1 Å². The molecule has 1 fully saturated rings. The molecule has 2 heterocycles. The highest BCUT2D eigenvalue weighted by molar-refractivity contribution is 5.85. The summed E-state index contributed by atoms with van der Waals surface area (Å²) in [5, 5.41) is 3.27. The zero-order valence-corrected chi connectivity index (χ0v) is 12.1. The second-order valence-electron chi connectivity index (χ2n) is 5.32. The molecule has 1 aromatic rings. The Hall–Kier alpha value is -1.14. The molecule has 0 aliphatic carbocycles. The average Bonchev–Trinajstić information content (AvgIpc) is 2.38. The van der Waals surface area contributed by atoms with Crippen molar-refractivity contribution in [3.05, 3.63) is 23.8 Å². The molecule has 3 nitrogen and oxygen atoms in total. The Morgan fingerprint density at radius 1 is 1.14 bits per heavy atom. The molecular formula is C14H17ClF3NO2. The highest BCUT2D eigenvalue weighted by Crippen LogP contribution is 2.42. The first-order valence-corrected chi connectivity index (χ1v) is 6.75. The summed E-state index contributed by atoms with van der Waals surface area (Å²) in [6.07, 6.45) is -1.60. The van der Waals surface area contributed by atoms with E-state index in [1.165, 1.54) is 6.07 Å². The lowest BCUT2D eigenvalue weighted by molar-refractivity contribution is -0.275. The van der Waals surface area contributed by atoms with Gasteiger partial charge in [-0.05, 0) is 50.9 Å². The van der Waals surface area contributed by atoms with Crippen molar-refractivity contribution >= 4 is 12.4 Å². The number of benzene rings is 1. The van der Waals surface area contributed by atoms with Gasteiger partial charge in [0, 0.05) is 5.56 Å². The van der Waals surface area contributed by atoms with Gasteiger partial charge in [-0.1, -0.05) is 6.07 Å². The summed E-state index contributed by atoms with van der Waals surface area (Å²) < 4.78 is 47.3. The summed E-state index contributed by atoms with van der Waals surface area (Å²) in [6, 6.07) is 4.61. The maximum absolute atomic E-state index is 12.4. The number of hydrogen-bond donors (Lipinski definition) is 1. The number of fused-ring (bicyclic) bond motifs is 1. The molecule has 0 radical (unpaired) electrons. The lowest BCUT2D eigenvalue weighted by Crippen LogP contribution is -2.48. The third kappa shape index (κ3) is 3.55. The van der Waals surface area contributed by atoms with Gasteiger partial charge in [0.05, 0.1) is 0 Å². The third-order valence-corrected chi connectivity index (χ3v) is 3.99. The van der Waals surface area contributed by atoms with Crippen molar-refractivity contribution in [3.8, 4) is 11.5 Å². The third-order valence-electron chi connectivity index (χ3n) is 3.99. The molecular weight excluding hydrogens is 307 g/mol. The average molecular weight is 324 g/mol. The molecule has 2 aliphatic rings. The van der Waals surface area contributed by atoms with Gasteiger partial charge < -0.3 is 14.8 Å². The molecule has 0 unspecified atom stereocenters. The van der Waals surface area contributed by atoms with Crippen LogP contribution in [-0.2, 0) is 6.42 Å². The SMILES string of the molecule is Cl.FC(F)(F)Oc1cccc2c1CCC1(CCNCC1)O2. The van der Waals surface area contributed by atoms with Crippen molar-refractivity contribution < 1.29 is 22.6 Å². The van der Waals surface area contributed by atoms with E-state index in [4.69, 9.17) is 4.74 Å². The number of hydrogen-bond acceptors (Lipinski definition) is 3. The zero-order chi connectivity index (χ0) is 14.2. The predicted octanol–water partition coefficient (Wildman–Crippen LogP) is 3.45. The molecule has 0 atom stereocenters. The standard InChI is InChI=1S/C14H16F3NO2.ClH/c15-14(16,17)20-12-3-1-2-11-10(12)4-5-13(19-11)6-8-18-9-7-13;/h1-3,18H,4-9H2;1H. The van der Waals surface area contributed by atoms with Crippen molar-refractivity contribution in [2.45, 2.75) is 37.6 Å². The molecule has 1 spiro atoms. The van der Waals surface area contributed by atoms with Crippen molar-refractivity contribution in [3.63, 3.8) is 0 Å². The van der Waals surface area contributed by atoms with Gasteiger partial charge in [-0.3, -0.25) is 0 Å². The van der Waals surface area contributed by atoms with Crippen molar-refractivity contribution in [2.24, 2.45) is 0 Å². The maximum Gasteiger partial charge on any atom is 0.573 e. The summed E-state index contributed by atoms with van der Waals surface area (Å²) in [5.41, 5.74) is 0.295. The highest BCUT2D eigenvalue weighted by atomic mass is 35.5. The molecule has 3 rings (SSSR count). The number of halogens is 4. The Balaban J connectivity index is 0.00000161. The summed E-state index contributed by atoms with van der Waals surface area (Å²) in [5.74, 6) is 0.388. The smallest absolute Gasteiger partial charge is 0.487 e. The first-order valence-electron chi connectivity index (χ1n) is 6.75. The van der Waals surface area contributed by atoms with Gasteiger partial charge >= 0.3 is 6.36 Å². The Kier molecular flexibility index (Phi) is 4.58.